The minimum atomic E-state index is 0.281. The van der Waals surface area contributed by atoms with Crippen LogP contribution >= 0.6 is 0 Å². The van der Waals surface area contributed by atoms with Gasteiger partial charge in [0.15, 0.2) is 0 Å². The highest BCUT2D eigenvalue weighted by Gasteiger charge is 2.32. The Bertz CT molecular complexity index is 225. The lowest BCUT2D eigenvalue weighted by atomic mass is 10.0. The molecule has 3 unspecified atom stereocenters. The van der Waals surface area contributed by atoms with Crippen LogP contribution in [0.4, 0.5) is 0 Å². The molecular formula is C12H24N2O2. The number of aliphatic hydroxyl groups is 1. The average molecular weight is 228 g/mol. The van der Waals surface area contributed by atoms with Crippen LogP contribution in [0.3, 0.4) is 0 Å². The van der Waals surface area contributed by atoms with Crippen LogP contribution in [-0.2, 0) is 4.74 Å². The van der Waals surface area contributed by atoms with Gasteiger partial charge in [-0.05, 0) is 25.9 Å². The van der Waals surface area contributed by atoms with Crippen molar-refractivity contribution in [1.29, 1.82) is 0 Å². The van der Waals surface area contributed by atoms with Crippen LogP contribution in [0.15, 0.2) is 0 Å². The molecule has 0 aromatic heterocycles. The van der Waals surface area contributed by atoms with Gasteiger partial charge in [0.2, 0.25) is 0 Å². The number of aliphatic hydroxyl groups excluding tert-OH is 1. The Hall–Kier alpha value is -0.160. The number of likely N-dealkylation sites (tertiary alicyclic amines) is 1. The van der Waals surface area contributed by atoms with Crippen LogP contribution in [0.25, 0.3) is 0 Å². The molecule has 94 valence electrons. The Morgan fingerprint density at radius 1 is 1.38 bits per heavy atom. The van der Waals surface area contributed by atoms with Gasteiger partial charge in [0.25, 0.3) is 0 Å². The summed E-state index contributed by atoms with van der Waals surface area (Å²) in [4.78, 5) is 4.72. The van der Waals surface area contributed by atoms with Gasteiger partial charge in [-0.2, -0.15) is 0 Å². The van der Waals surface area contributed by atoms with Crippen molar-refractivity contribution in [3.8, 4) is 0 Å². The van der Waals surface area contributed by atoms with Crippen LogP contribution in [-0.4, -0.2) is 73.5 Å². The number of nitrogens with zero attached hydrogens (tertiary/aromatic N) is 2. The molecule has 4 nitrogen and oxygen atoms in total. The first kappa shape index (κ1) is 12.3. The summed E-state index contributed by atoms with van der Waals surface area (Å²) in [5, 5.41) is 9.40. The molecule has 2 rings (SSSR count). The molecule has 0 saturated carbocycles. The van der Waals surface area contributed by atoms with Gasteiger partial charge in [-0.1, -0.05) is 6.92 Å². The van der Waals surface area contributed by atoms with Gasteiger partial charge in [0.05, 0.1) is 19.3 Å². The third-order valence-electron chi connectivity index (χ3n) is 3.96. The van der Waals surface area contributed by atoms with Crippen LogP contribution in [0.2, 0.25) is 0 Å². The second-order valence-electron chi connectivity index (χ2n) is 5.27. The number of morpholine rings is 1. The van der Waals surface area contributed by atoms with Crippen molar-refractivity contribution < 1.29 is 9.84 Å². The van der Waals surface area contributed by atoms with E-state index in [9.17, 15) is 5.11 Å². The minimum Gasteiger partial charge on any atom is -0.395 e. The normalized spacial score (nSPS) is 38.1. The lowest BCUT2D eigenvalue weighted by Crippen LogP contribution is -2.48. The molecule has 3 atom stereocenters. The Balaban J connectivity index is 1.84. The summed E-state index contributed by atoms with van der Waals surface area (Å²) in [7, 11) is 2.14. The van der Waals surface area contributed by atoms with Gasteiger partial charge >= 0.3 is 0 Å². The van der Waals surface area contributed by atoms with Gasteiger partial charge in [-0.25, -0.2) is 0 Å². The highest BCUT2D eigenvalue weighted by molar-refractivity contribution is 4.86. The maximum atomic E-state index is 9.40. The first-order chi connectivity index (χ1) is 7.70. The lowest BCUT2D eigenvalue weighted by molar-refractivity contribution is -0.0408. The second kappa shape index (κ2) is 5.45. The van der Waals surface area contributed by atoms with E-state index in [1.165, 1.54) is 6.42 Å². The van der Waals surface area contributed by atoms with E-state index in [4.69, 9.17) is 4.74 Å². The van der Waals surface area contributed by atoms with E-state index in [-0.39, 0.29) is 6.61 Å². The van der Waals surface area contributed by atoms with Crippen LogP contribution < -0.4 is 0 Å². The zero-order valence-corrected chi connectivity index (χ0v) is 10.4. The molecule has 16 heavy (non-hydrogen) atoms. The molecule has 0 aromatic rings. The van der Waals surface area contributed by atoms with E-state index in [0.717, 1.165) is 32.8 Å². The van der Waals surface area contributed by atoms with Crippen molar-refractivity contribution in [2.75, 3.05) is 46.4 Å². The zero-order chi connectivity index (χ0) is 11.5. The summed E-state index contributed by atoms with van der Waals surface area (Å²) in [6.45, 7) is 7.49. The van der Waals surface area contributed by atoms with Gasteiger partial charge in [-0.15, -0.1) is 0 Å². The fourth-order valence-corrected chi connectivity index (χ4v) is 2.85. The molecule has 0 bridgehead atoms. The smallest absolute Gasteiger partial charge is 0.0829 e. The molecule has 0 aromatic carbocycles. The largest absolute Gasteiger partial charge is 0.395 e. The molecular weight excluding hydrogens is 204 g/mol. The highest BCUT2D eigenvalue weighted by Crippen LogP contribution is 2.24. The molecule has 2 fully saturated rings. The third-order valence-corrected chi connectivity index (χ3v) is 3.96. The van der Waals surface area contributed by atoms with Crippen molar-refractivity contribution in [3.63, 3.8) is 0 Å². The van der Waals surface area contributed by atoms with Gasteiger partial charge in [-0.3, -0.25) is 4.90 Å². The molecule has 0 amide bonds. The SMILES string of the molecule is CC1CCN(CC2CN(C)CCO2)C1CO. The standard InChI is InChI=1S/C12H24N2O2/c1-10-3-4-14(12(10)9-15)8-11-7-13(2)5-6-16-11/h10-12,15H,3-9H2,1-2H3. The summed E-state index contributed by atoms with van der Waals surface area (Å²) in [6, 6.07) is 0.343. The number of likely N-dealkylation sites (N-methyl/N-ethyl adjacent to an activating group) is 1. The maximum Gasteiger partial charge on any atom is 0.0829 e. The monoisotopic (exact) mass is 228 g/mol. The zero-order valence-electron chi connectivity index (χ0n) is 10.4. The fourth-order valence-electron chi connectivity index (χ4n) is 2.85. The molecule has 1 N–H and O–H groups in total. The average Bonchev–Trinajstić information content (AvgIpc) is 2.59. The fraction of sp³-hybridized carbons (Fsp3) is 1.00. The predicted octanol–water partition coefficient (Wildman–Crippen LogP) is 0.0197. The predicted molar refractivity (Wildman–Crippen MR) is 63.5 cm³/mol. The first-order valence-corrected chi connectivity index (χ1v) is 6.35. The minimum absolute atomic E-state index is 0.281. The second-order valence-corrected chi connectivity index (χ2v) is 5.27. The molecule has 2 aliphatic heterocycles. The van der Waals surface area contributed by atoms with Crippen LogP contribution in [0.5, 0.6) is 0 Å². The molecule has 0 aliphatic carbocycles. The van der Waals surface area contributed by atoms with E-state index >= 15 is 0 Å². The van der Waals surface area contributed by atoms with E-state index in [0.29, 0.717) is 18.1 Å². The molecule has 2 heterocycles. The van der Waals surface area contributed by atoms with Crippen molar-refractivity contribution >= 4 is 0 Å². The lowest BCUT2D eigenvalue weighted by Gasteiger charge is -2.34. The summed E-state index contributed by atoms with van der Waals surface area (Å²) < 4.78 is 5.77. The van der Waals surface area contributed by atoms with Crippen molar-refractivity contribution in [1.82, 2.24) is 9.80 Å². The summed E-state index contributed by atoms with van der Waals surface area (Å²) in [5.74, 6) is 0.617. The Labute approximate surface area is 98.2 Å². The third kappa shape index (κ3) is 2.74. The van der Waals surface area contributed by atoms with Crippen molar-refractivity contribution in [2.24, 2.45) is 5.92 Å². The van der Waals surface area contributed by atoms with Crippen LogP contribution in [0, 0.1) is 5.92 Å². The number of ether oxygens (including phenoxy) is 1. The maximum absolute atomic E-state index is 9.40. The van der Waals surface area contributed by atoms with Crippen LogP contribution in [0.1, 0.15) is 13.3 Å². The number of hydrogen-bond donors (Lipinski definition) is 1. The quantitative estimate of drug-likeness (QED) is 0.739. The Kier molecular flexibility index (Phi) is 4.19. The van der Waals surface area contributed by atoms with E-state index in [2.05, 4.69) is 23.8 Å². The van der Waals surface area contributed by atoms with E-state index in [1.54, 1.807) is 0 Å². The topological polar surface area (TPSA) is 35.9 Å². The Morgan fingerprint density at radius 3 is 2.88 bits per heavy atom. The van der Waals surface area contributed by atoms with Crippen molar-refractivity contribution in [2.45, 2.75) is 25.5 Å². The molecule has 2 saturated heterocycles. The summed E-state index contributed by atoms with van der Waals surface area (Å²) in [6.07, 6.45) is 1.52. The number of hydrogen-bond acceptors (Lipinski definition) is 4. The van der Waals surface area contributed by atoms with Crippen molar-refractivity contribution in [3.05, 3.63) is 0 Å². The van der Waals surface area contributed by atoms with E-state index in [1.807, 2.05) is 0 Å². The summed E-state index contributed by atoms with van der Waals surface area (Å²) in [5.41, 5.74) is 0. The highest BCUT2D eigenvalue weighted by atomic mass is 16.5. The number of rotatable bonds is 3. The van der Waals surface area contributed by atoms with Gasteiger partial charge in [0, 0.05) is 25.7 Å². The molecule has 4 heteroatoms. The van der Waals surface area contributed by atoms with Gasteiger partial charge < -0.3 is 14.7 Å². The molecule has 0 radical (unpaired) electrons. The molecule has 0 spiro atoms. The first-order valence-electron chi connectivity index (χ1n) is 6.35. The summed E-state index contributed by atoms with van der Waals surface area (Å²) >= 11 is 0. The van der Waals surface area contributed by atoms with E-state index < -0.39 is 0 Å². The Morgan fingerprint density at radius 2 is 2.19 bits per heavy atom. The molecule has 2 aliphatic rings. The van der Waals surface area contributed by atoms with Gasteiger partial charge in [0.1, 0.15) is 0 Å².